The highest BCUT2D eigenvalue weighted by molar-refractivity contribution is 7.86. The number of carboxylic acids is 1. The molecule has 176 valence electrons. The molecule has 0 unspecified atom stereocenters. The number of aryl methyl sites for hydroxylation is 1. The molecule has 0 bridgehead atoms. The van der Waals surface area contributed by atoms with E-state index in [4.69, 9.17) is 5.11 Å². The molecular formula is C19H22F6O5S. The van der Waals surface area contributed by atoms with Gasteiger partial charge in [-0.1, -0.05) is 30.5 Å². The molecule has 2 aliphatic rings. The number of aliphatic carboxylic acids is 1. The maximum atomic E-state index is 12.9. The first-order valence-electron chi connectivity index (χ1n) is 9.39. The molecular weight excluding hydrogens is 454 g/mol. The Morgan fingerprint density at radius 1 is 0.968 bits per heavy atom. The first kappa shape index (κ1) is 25.4. The molecule has 12 heteroatoms. The molecule has 31 heavy (non-hydrogen) atoms. The lowest BCUT2D eigenvalue weighted by Gasteiger charge is -2.42. The highest BCUT2D eigenvalue weighted by Crippen LogP contribution is 2.54. The number of carbonyl (C=O) groups is 1. The van der Waals surface area contributed by atoms with E-state index in [-0.39, 0.29) is 30.6 Å². The van der Waals surface area contributed by atoms with Crippen LogP contribution in [0.3, 0.4) is 0 Å². The first-order valence-corrected chi connectivity index (χ1v) is 10.8. The van der Waals surface area contributed by atoms with Crippen molar-refractivity contribution in [2.45, 2.75) is 62.7 Å². The van der Waals surface area contributed by atoms with Crippen LogP contribution in [-0.2, 0) is 19.1 Å². The van der Waals surface area contributed by atoms with Gasteiger partial charge in [0.1, 0.15) is 0 Å². The minimum absolute atomic E-state index is 0.0834. The van der Waals surface area contributed by atoms with E-state index in [1.165, 1.54) is 12.1 Å². The summed E-state index contributed by atoms with van der Waals surface area (Å²) < 4.78 is 103. The van der Waals surface area contributed by atoms with E-state index in [2.05, 4.69) is 4.18 Å². The summed E-state index contributed by atoms with van der Waals surface area (Å²) in [7, 11) is -4.15. The van der Waals surface area contributed by atoms with Crippen LogP contribution in [0.1, 0.15) is 44.1 Å². The zero-order chi connectivity index (χ0) is 23.7. The highest BCUT2D eigenvalue weighted by Gasteiger charge is 2.64. The molecule has 2 aliphatic carbocycles. The molecule has 0 aromatic heterocycles. The van der Waals surface area contributed by atoms with E-state index in [0.29, 0.717) is 12.8 Å². The van der Waals surface area contributed by atoms with E-state index < -0.39 is 45.9 Å². The molecule has 0 radical (unpaired) electrons. The molecule has 2 fully saturated rings. The van der Waals surface area contributed by atoms with E-state index >= 15 is 0 Å². The third-order valence-corrected chi connectivity index (χ3v) is 7.15. The van der Waals surface area contributed by atoms with E-state index in [1.807, 2.05) is 0 Å². The third kappa shape index (κ3) is 5.16. The smallest absolute Gasteiger partial charge is 0.404 e. The van der Waals surface area contributed by atoms with Crippen molar-refractivity contribution in [1.29, 1.82) is 0 Å². The molecule has 2 saturated carbocycles. The molecule has 0 spiro atoms. The summed E-state index contributed by atoms with van der Waals surface area (Å²) in [6.07, 6.45) is -8.94. The molecule has 1 N–H and O–H groups in total. The summed E-state index contributed by atoms with van der Waals surface area (Å²) in [6, 6.07) is 5.79. The van der Waals surface area contributed by atoms with Crippen LogP contribution in [-0.4, -0.2) is 38.5 Å². The van der Waals surface area contributed by atoms with Crippen molar-refractivity contribution in [3.05, 3.63) is 29.8 Å². The second-order valence-electron chi connectivity index (χ2n) is 7.90. The Kier molecular flexibility index (Phi) is 7.06. The summed E-state index contributed by atoms with van der Waals surface area (Å²) in [5.74, 6) is -1.74. The summed E-state index contributed by atoms with van der Waals surface area (Å²) in [5.41, 5.74) is -3.58. The molecule has 1 aromatic carbocycles. The maximum Gasteiger partial charge on any atom is 0.404 e. The molecule has 1 aromatic rings. The van der Waals surface area contributed by atoms with Crippen molar-refractivity contribution < 1.29 is 48.8 Å². The number of rotatable bonds is 5. The van der Waals surface area contributed by atoms with Crippen LogP contribution in [0.15, 0.2) is 29.2 Å². The Hall–Kier alpha value is -1.82. The van der Waals surface area contributed by atoms with Crippen LogP contribution >= 0.6 is 0 Å². The molecule has 0 heterocycles. The van der Waals surface area contributed by atoms with Crippen LogP contribution in [0.25, 0.3) is 0 Å². The lowest BCUT2D eigenvalue weighted by atomic mass is 9.68. The fourth-order valence-corrected chi connectivity index (χ4v) is 4.21. The Labute approximate surface area is 175 Å². The van der Waals surface area contributed by atoms with Crippen molar-refractivity contribution in [3.8, 4) is 0 Å². The highest BCUT2D eigenvalue weighted by atomic mass is 32.2. The van der Waals surface area contributed by atoms with Crippen LogP contribution in [0.5, 0.6) is 0 Å². The predicted octanol–water partition coefficient (Wildman–Crippen LogP) is 5.24. The van der Waals surface area contributed by atoms with Gasteiger partial charge in [0.05, 0.1) is 16.9 Å². The van der Waals surface area contributed by atoms with Gasteiger partial charge in [0.2, 0.25) is 0 Å². The van der Waals surface area contributed by atoms with Gasteiger partial charge >= 0.3 is 18.3 Å². The lowest BCUT2D eigenvalue weighted by molar-refractivity contribution is -0.259. The van der Waals surface area contributed by atoms with Crippen LogP contribution in [0.2, 0.25) is 0 Å². The van der Waals surface area contributed by atoms with Crippen LogP contribution in [0, 0.1) is 17.8 Å². The minimum atomic E-state index is -4.59. The van der Waals surface area contributed by atoms with E-state index in [1.54, 1.807) is 19.1 Å². The van der Waals surface area contributed by atoms with Gasteiger partial charge in [0.15, 0.2) is 5.41 Å². The van der Waals surface area contributed by atoms with Gasteiger partial charge in [-0.25, -0.2) is 0 Å². The Balaban J connectivity index is 0.000000262. The number of hydrogen-bond donors (Lipinski definition) is 1. The van der Waals surface area contributed by atoms with Crippen molar-refractivity contribution >= 4 is 16.1 Å². The standard InChI is InChI=1S/C13H15F3O3S.C6H7F3O2/c1-10-3-5-11(6-4-10)20(17,18)19-9-12(7-2-8-12)13(14,15)16;7-6(8,9)5(4(10)11)2-1-3-5/h3-6H,2,7-9H2,1H3;1-3H2,(H,10,11). The second kappa shape index (κ2) is 8.61. The number of carboxylic acid groups (broad SMARTS) is 1. The van der Waals surface area contributed by atoms with Crippen LogP contribution < -0.4 is 0 Å². The van der Waals surface area contributed by atoms with Gasteiger partial charge < -0.3 is 5.11 Å². The van der Waals surface area contributed by atoms with Crippen LogP contribution in [0.4, 0.5) is 26.3 Å². The number of hydrogen-bond acceptors (Lipinski definition) is 4. The summed E-state index contributed by atoms with van der Waals surface area (Å²) >= 11 is 0. The average Bonchev–Trinajstić information content (AvgIpc) is 2.50. The second-order valence-corrected chi connectivity index (χ2v) is 9.51. The monoisotopic (exact) mass is 476 g/mol. The number of alkyl halides is 6. The summed E-state index contributed by atoms with van der Waals surface area (Å²) in [4.78, 5) is 10.1. The predicted molar refractivity (Wildman–Crippen MR) is 96.6 cm³/mol. The third-order valence-electron chi connectivity index (χ3n) is 5.87. The molecule has 0 amide bonds. The number of halogens is 6. The topological polar surface area (TPSA) is 80.7 Å². The average molecular weight is 476 g/mol. The quantitative estimate of drug-likeness (QED) is 0.465. The zero-order valence-corrected chi connectivity index (χ0v) is 17.3. The van der Waals surface area contributed by atoms with Crippen molar-refractivity contribution in [2.75, 3.05) is 6.61 Å². The van der Waals surface area contributed by atoms with Gasteiger partial charge in [-0.05, 0) is 44.7 Å². The molecule has 5 nitrogen and oxygen atoms in total. The molecule has 3 rings (SSSR count). The van der Waals surface area contributed by atoms with Gasteiger partial charge in [0, 0.05) is 0 Å². The maximum absolute atomic E-state index is 12.9. The Morgan fingerprint density at radius 2 is 1.45 bits per heavy atom. The van der Waals surface area contributed by atoms with Crippen molar-refractivity contribution in [3.63, 3.8) is 0 Å². The van der Waals surface area contributed by atoms with Gasteiger partial charge in [-0.3, -0.25) is 8.98 Å². The van der Waals surface area contributed by atoms with Gasteiger partial charge in [0.25, 0.3) is 10.1 Å². The first-order chi connectivity index (χ1) is 14.1. The van der Waals surface area contributed by atoms with Crippen molar-refractivity contribution in [2.24, 2.45) is 10.8 Å². The molecule has 0 atom stereocenters. The minimum Gasteiger partial charge on any atom is -0.481 e. The van der Waals surface area contributed by atoms with E-state index in [9.17, 15) is 39.6 Å². The normalized spacial score (nSPS) is 20.0. The zero-order valence-electron chi connectivity index (χ0n) is 16.5. The molecule has 0 saturated heterocycles. The van der Waals surface area contributed by atoms with E-state index in [0.717, 1.165) is 5.56 Å². The SMILES string of the molecule is Cc1ccc(S(=O)(=O)OCC2(C(F)(F)F)CCC2)cc1.O=C(O)C1(C(F)(F)F)CCC1. The lowest BCUT2D eigenvalue weighted by Crippen LogP contribution is -2.50. The number of benzene rings is 1. The fourth-order valence-electron chi connectivity index (χ4n) is 3.23. The Morgan fingerprint density at radius 3 is 1.71 bits per heavy atom. The summed E-state index contributed by atoms with van der Waals surface area (Å²) in [5, 5.41) is 8.30. The summed E-state index contributed by atoms with van der Waals surface area (Å²) in [6.45, 7) is 0.941. The van der Waals surface area contributed by atoms with Crippen molar-refractivity contribution in [1.82, 2.24) is 0 Å². The molecule has 0 aliphatic heterocycles. The fraction of sp³-hybridized carbons (Fsp3) is 0.632. The Bertz CT molecular complexity index is 882. The largest absolute Gasteiger partial charge is 0.481 e. The van der Waals surface area contributed by atoms with Gasteiger partial charge in [-0.2, -0.15) is 34.8 Å². The van der Waals surface area contributed by atoms with Gasteiger partial charge in [-0.15, -0.1) is 0 Å².